The van der Waals surface area contributed by atoms with Crippen LogP contribution in [0.3, 0.4) is 0 Å². The predicted octanol–water partition coefficient (Wildman–Crippen LogP) is 3.85. The maximum absolute atomic E-state index is 14.2. The molecular formula is C17H13F2NO3S2. The van der Waals surface area contributed by atoms with Gasteiger partial charge in [-0.3, -0.25) is 9.59 Å². The molecule has 1 N–H and O–H groups in total. The summed E-state index contributed by atoms with van der Waals surface area (Å²) in [5.41, 5.74) is 1.03. The average Bonchev–Trinajstić information content (AvgIpc) is 3.23. The zero-order valence-electron chi connectivity index (χ0n) is 12.9. The van der Waals surface area contributed by atoms with E-state index in [4.69, 9.17) is 5.11 Å². The summed E-state index contributed by atoms with van der Waals surface area (Å²) in [6.45, 7) is 0.581. The van der Waals surface area contributed by atoms with Gasteiger partial charge in [0.15, 0.2) is 0 Å². The quantitative estimate of drug-likeness (QED) is 0.859. The number of hydrogen-bond donors (Lipinski definition) is 1. The summed E-state index contributed by atoms with van der Waals surface area (Å²) < 4.78 is 28.2. The summed E-state index contributed by atoms with van der Waals surface area (Å²) in [7, 11) is 0. The van der Waals surface area contributed by atoms with Gasteiger partial charge in [-0.15, -0.1) is 23.1 Å². The van der Waals surface area contributed by atoms with Crippen molar-refractivity contribution in [2.24, 2.45) is 5.92 Å². The van der Waals surface area contributed by atoms with Crippen LogP contribution in [0, 0.1) is 17.6 Å². The number of likely N-dealkylation sites (tertiary alicyclic amines) is 1. The van der Waals surface area contributed by atoms with Crippen LogP contribution in [0.25, 0.3) is 10.4 Å². The highest BCUT2D eigenvalue weighted by Gasteiger charge is 2.33. The van der Waals surface area contributed by atoms with Crippen molar-refractivity contribution < 1.29 is 23.5 Å². The fourth-order valence-electron chi connectivity index (χ4n) is 3.19. The number of carbonyl (C=O) groups is 2. The summed E-state index contributed by atoms with van der Waals surface area (Å²) in [6, 6.07) is 3.93. The molecule has 1 aromatic carbocycles. The van der Waals surface area contributed by atoms with E-state index in [9.17, 15) is 18.4 Å². The molecule has 2 aliphatic rings. The predicted molar refractivity (Wildman–Crippen MR) is 90.9 cm³/mol. The highest BCUT2D eigenvalue weighted by molar-refractivity contribution is 7.98. The third-order valence-corrected chi connectivity index (χ3v) is 6.83. The molecule has 0 aliphatic carbocycles. The molecule has 4 rings (SSSR count). The lowest BCUT2D eigenvalue weighted by atomic mass is 10.1. The minimum absolute atomic E-state index is 0.186. The van der Waals surface area contributed by atoms with E-state index in [2.05, 4.69) is 0 Å². The number of aliphatic carboxylic acids is 1. The number of fused-ring (bicyclic) bond motifs is 3. The van der Waals surface area contributed by atoms with Gasteiger partial charge in [0.05, 0.1) is 15.7 Å². The molecule has 1 unspecified atom stereocenters. The van der Waals surface area contributed by atoms with E-state index in [1.54, 1.807) is 6.07 Å². The fraction of sp³-hybridized carbons (Fsp3) is 0.294. The molecule has 0 saturated carbocycles. The lowest BCUT2D eigenvalue weighted by molar-refractivity contribution is -0.141. The third kappa shape index (κ3) is 2.73. The second kappa shape index (κ2) is 6.10. The van der Waals surface area contributed by atoms with Crippen molar-refractivity contribution in [1.29, 1.82) is 0 Å². The van der Waals surface area contributed by atoms with Crippen LogP contribution < -0.4 is 0 Å². The van der Waals surface area contributed by atoms with Gasteiger partial charge in [-0.1, -0.05) is 0 Å². The van der Waals surface area contributed by atoms with Crippen LogP contribution in [0.4, 0.5) is 8.78 Å². The molecule has 1 fully saturated rings. The third-order valence-electron chi connectivity index (χ3n) is 4.50. The van der Waals surface area contributed by atoms with Gasteiger partial charge < -0.3 is 10.0 Å². The van der Waals surface area contributed by atoms with Gasteiger partial charge in [-0.25, -0.2) is 8.78 Å². The summed E-state index contributed by atoms with van der Waals surface area (Å²) in [4.78, 5) is 26.5. The van der Waals surface area contributed by atoms with Crippen molar-refractivity contribution >= 4 is 35.0 Å². The zero-order chi connectivity index (χ0) is 17.7. The second-order valence-corrected chi connectivity index (χ2v) is 8.10. The average molecular weight is 381 g/mol. The summed E-state index contributed by atoms with van der Waals surface area (Å²) in [5, 5.41) is 9.07. The number of nitrogens with zero attached hydrogens (tertiary/aromatic N) is 1. The van der Waals surface area contributed by atoms with Gasteiger partial charge in [0.2, 0.25) is 0 Å². The Morgan fingerprint density at radius 3 is 2.72 bits per heavy atom. The smallest absolute Gasteiger partial charge is 0.308 e. The molecule has 25 heavy (non-hydrogen) atoms. The molecule has 130 valence electrons. The first kappa shape index (κ1) is 16.5. The van der Waals surface area contributed by atoms with Gasteiger partial charge in [-0.2, -0.15) is 0 Å². The Balaban J connectivity index is 1.67. The standard InChI is InChI=1S/C17H13F2NO3S2/c18-10-1-2-11(19)15-13(10)14-9(7-24-15)5-12(25-14)16(21)20-4-3-8(6-20)17(22)23/h1-2,5,8H,3-4,6-7H2,(H,22,23). The number of amides is 1. The van der Waals surface area contributed by atoms with Crippen molar-refractivity contribution in [2.45, 2.75) is 17.1 Å². The molecule has 1 aromatic heterocycles. The highest BCUT2D eigenvalue weighted by Crippen LogP contribution is 2.48. The highest BCUT2D eigenvalue weighted by atomic mass is 32.2. The van der Waals surface area contributed by atoms with Gasteiger partial charge in [0.25, 0.3) is 5.91 Å². The number of carboxylic acids is 1. The number of carboxylic acid groups (broad SMARTS) is 1. The first-order valence-corrected chi connectivity index (χ1v) is 9.52. The van der Waals surface area contributed by atoms with Crippen molar-refractivity contribution in [3.8, 4) is 10.4 Å². The Kier molecular flexibility index (Phi) is 4.04. The van der Waals surface area contributed by atoms with Crippen LogP contribution in [0.1, 0.15) is 21.7 Å². The summed E-state index contributed by atoms with van der Waals surface area (Å²) in [5.74, 6) is -2.17. The fourth-order valence-corrected chi connectivity index (χ4v) is 5.63. The van der Waals surface area contributed by atoms with Crippen LogP contribution in [-0.2, 0) is 10.5 Å². The Morgan fingerprint density at radius 1 is 1.24 bits per heavy atom. The molecule has 3 heterocycles. The van der Waals surface area contributed by atoms with Crippen molar-refractivity contribution in [1.82, 2.24) is 4.90 Å². The van der Waals surface area contributed by atoms with Crippen molar-refractivity contribution in [3.05, 3.63) is 40.3 Å². The second-order valence-electron chi connectivity index (χ2n) is 6.06. The molecule has 1 atom stereocenters. The molecule has 8 heteroatoms. The van der Waals surface area contributed by atoms with Crippen LogP contribution in [0.2, 0.25) is 0 Å². The van der Waals surface area contributed by atoms with Gasteiger partial charge >= 0.3 is 5.97 Å². The van der Waals surface area contributed by atoms with Crippen LogP contribution >= 0.6 is 23.1 Å². The number of thioether (sulfide) groups is 1. The lowest BCUT2D eigenvalue weighted by Gasteiger charge is -2.16. The molecular weight excluding hydrogens is 368 g/mol. The molecule has 2 aliphatic heterocycles. The number of halogens is 2. The molecule has 0 bridgehead atoms. The number of benzene rings is 1. The van der Waals surface area contributed by atoms with E-state index in [0.29, 0.717) is 28.5 Å². The first-order chi connectivity index (χ1) is 12.0. The van der Waals surface area contributed by atoms with E-state index >= 15 is 0 Å². The summed E-state index contributed by atoms with van der Waals surface area (Å²) in [6.07, 6.45) is 0.435. The molecule has 0 radical (unpaired) electrons. The zero-order valence-corrected chi connectivity index (χ0v) is 14.6. The van der Waals surface area contributed by atoms with Crippen LogP contribution in [0.5, 0.6) is 0 Å². The lowest BCUT2D eigenvalue weighted by Crippen LogP contribution is -2.29. The van der Waals surface area contributed by atoms with Gasteiger partial charge in [0.1, 0.15) is 11.6 Å². The molecule has 0 spiro atoms. The Bertz CT molecular complexity index is 896. The van der Waals surface area contributed by atoms with Crippen molar-refractivity contribution in [2.75, 3.05) is 13.1 Å². The number of rotatable bonds is 2. The number of thiophene rings is 1. The SMILES string of the molecule is O=C(O)C1CCN(C(=O)c2cc3c(s2)-c2c(F)ccc(F)c2SC3)C1. The largest absolute Gasteiger partial charge is 0.481 e. The van der Waals surface area contributed by atoms with E-state index in [-0.39, 0.29) is 22.9 Å². The monoisotopic (exact) mass is 381 g/mol. The Morgan fingerprint density at radius 2 is 2.00 bits per heavy atom. The minimum atomic E-state index is -0.899. The van der Waals surface area contributed by atoms with Crippen LogP contribution in [-0.4, -0.2) is 35.0 Å². The maximum Gasteiger partial charge on any atom is 0.308 e. The van der Waals surface area contributed by atoms with E-state index < -0.39 is 23.5 Å². The maximum atomic E-state index is 14.2. The van der Waals surface area contributed by atoms with Crippen LogP contribution in [0.15, 0.2) is 23.1 Å². The first-order valence-electron chi connectivity index (χ1n) is 7.71. The number of hydrogen-bond acceptors (Lipinski definition) is 4. The Labute approximate surface area is 150 Å². The molecule has 1 saturated heterocycles. The molecule has 1 amide bonds. The van der Waals surface area contributed by atoms with Gasteiger partial charge in [-0.05, 0) is 30.2 Å². The van der Waals surface area contributed by atoms with Gasteiger partial charge in [0, 0.05) is 29.3 Å². The number of carbonyl (C=O) groups excluding carboxylic acids is 1. The molecule has 2 aromatic rings. The van der Waals surface area contributed by atoms with E-state index in [0.717, 1.165) is 29.0 Å². The van der Waals surface area contributed by atoms with E-state index in [1.807, 2.05) is 0 Å². The van der Waals surface area contributed by atoms with E-state index in [1.165, 1.54) is 16.7 Å². The minimum Gasteiger partial charge on any atom is -0.481 e. The summed E-state index contributed by atoms with van der Waals surface area (Å²) >= 11 is 2.37. The molecule has 4 nitrogen and oxygen atoms in total. The normalized spacial score (nSPS) is 18.8. The topological polar surface area (TPSA) is 57.6 Å². The Hall–Kier alpha value is -1.93. The van der Waals surface area contributed by atoms with Crippen molar-refractivity contribution in [3.63, 3.8) is 0 Å².